The van der Waals surface area contributed by atoms with Gasteiger partial charge in [0.15, 0.2) is 0 Å². The van der Waals surface area contributed by atoms with Gasteiger partial charge in [-0.1, -0.05) is 18.2 Å². The fraction of sp³-hybridized carbons (Fsp3) is 0.429. The molecule has 1 rings (SSSR count). The van der Waals surface area contributed by atoms with Crippen LogP contribution in [0.5, 0.6) is 0 Å². The maximum absolute atomic E-state index is 12.1. The minimum Gasteiger partial charge on any atom is -0.478 e. The van der Waals surface area contributed by atoms with Gasteiger partial charge in [-0.15, -0.1) is 0 Å². The third kappa shape index (κ3) is 3.54. The molecule has 0 unspecified atom stereocenters. The number of amides is 1. The van der Waals surface area contributed by atoms with E-state index in [0.29, 0.717) is 5.56 Å². The quantitative estimate of drug-likeness (QED) is 0.837. The second kappa shape index (κ2) is 5.84. The van der Waals surface area contributed by atoms with Crippen molar-refractivity contribution in [3.8, 4) is 0 Å². The van der Waals surface area contributed by atoms with Crippen LogP contribution in [0, 0.1) is 0 Å². The Hall–Kier alpha value is -1.88. The molecular formula is C14H19NO4. The molecule has 0 aromatic heterocycles. The topological polar surface area (TPSA) is 77.8 Å². The molecule has 0 aliphatic carbocycles. The molecule has 0 aliphatic rings. The Morgan fingerprint density at radius 2 is 1.84 bits per heavy atom. The second-order valence-corrected chi connectivity index (χ2v) is 5.06. The van der Waals surface area contributed by atoms with Crippen LogP contribution in [-0.2, 0) is 11.2 Å². The van der Waals surface area contributed by atoms with Gasteiger partial charge < -0.3 is 15.1 Å². The number of carboxylic acid groups (broad SMARTS) is 1. The first-order chi connectivity index (χ1) is 8.79. The molecule has 0 saturated carbocycles. The Labute approximate surface area is 112 Å². The van der Waals surface area contributed by atoms with E-state index in [2.05, 4.69) is 0 Å². The monoisotopic (exact) mass is 265 g/mol. The van der Waals surface area contributed by atoms with Gasteiger partial charge in [-0.3, -0.25) is 4.79 Å². The summed E-state index contributed by atoms with van der Waals surface area (Å²) >= 11 is 0. The lowest BCUT2D eigenvalue weighted by atomic mass is 10.0. The van der Waals surface area contributed by atoms with E-state index in [1.807, 2.05) is 0 Å². The summed E-state index contributed by atoms with van der Waals surface area (Å²) in [6.07, 6.45) is 0.00238. The first-order valence-corrected chi connectivity index (χ1v) is 5.98. The van der Waals surface area contributed by atoms with Gasteiger partial charge in [0.05, 0.1) is 24.1 Å². The Morgan fingerprint density at radius 1 is 1.26 bits per heavy atom. The van der Waals surface area contributed by atoms with Crippen LogP contribution in [0.3, 0.4) is 0 Å². The van der Waals surface area contributed by atoms with Gasteiger partial charge in [-0.05, 0) is 25.5 Å². The average molecular weight is 265 g/mol. The number of hydrogen-bond donors (Lipinski definition) is 2. The maximum atomic E-state index is 12.1. The van der Waals surface area contributed by atoms with Crippen LogP contribution >= 0.6 is 0 Å². The Balaban J connectivity index is 2.92. The van der Waals surface area contributed by atoms with Crippen LogP contribution in [-0.4, -0.2) is 46.2 Å². The summed E-state index contributed by atoms with van der Waals surface area (Å²) in [5.41, 5.74) is -0.0680. The van der Waals surface area contributed by atoms with E-state index in [9.17, 15) is 14.7 Å². The standard InChI is InChI=1S/C14H19NO4/c1-14(2,9-16)15(3)12(17)8-10-6-4-5-7-11(10)13(18)19/h4-7,16H,8-9H2,1-3H3,(H,18,19). The van der Waals surface area contributed by atoms with E-state index in [0.717, 1.165) is 0 Å². The van der Waals surface area contributed by atoms with Crippen molar-refractivity contribution in [3.05, 3.63) is 35.4 Å². The molecule has 0 bridgehead atoms. The molecule has 0 radical (unpaired) electrons. The highest BCUT2D eigenvalue weighted by Gasteiger charge is 2.27. The van der Waals surface area contributed by atoms with Crippen molar-refractivity contribution in [2.24, 2.45) is 0 Å². The van der Waals surface area contributed by atoms with Crippen LogP contribution in [0.15, 0.2) is 24.3 Å². The van der Waals surface area contributed by atoms with Gasteiger partial charge in [-0.25, -0.2) is 4.79 Å². The van der Waals surface area contributed by atoms with Crippen molar-refractivity contribution in [2.75, 3.05) is 13.7 Å². The van der Waals surface area contributed by atoms with E-state index >= 15 is 0 Å². The fourth-order valence-corrected chi connectivity index (χ4v) is 1.61. The van der Waals surface area contributed by atoms with Gasteiger partial charge in [0, 0.05) is 7.05 Å². The number of carbonyl (C=O) groups is 2. The van der Waals surface area contributed by atoms with Crippen molar-refractivity contribution in [2.45, 2.75) is 25.8 Å². The summed E-state index contributed by atoms with van der Waals surface area (Å²) < 4.78 is 0. The molecule has 0 saturated heterocycles. The van der Waals surface area contributed by atoms with Crippen LogP contribution in [0.4, 0.5) is 0 Å². The third-order valence-electron chi connectivity index (χ3n) is 3.26. The minimum atomic E-state index is -1.05. The van der Waals surface area contributed by atoms with Crippen molar-refractivity contribution in [3.63, 3.8) is 0 Å². The lowest BCUT2D eigenvalue weighted by Gasteiger charge is -2.34. The molecule has 0 spiro atoms. The highest BCUT2D eigenvalue weighted by Crippen LogP contribution is 2.15. The van der Waals surface area contributed by atoms with E-state index in [4.69, 9.17) is 5.11 Å². The maximum Gasteiger partial charge on any atom is 0.335 e. The van der Waals surface area contributed by atoms with Crippen molar-refractivity contribution >= 4 is 11.9 Å². The molecular weight excluding hydrogens is 246 g/mol. The van der Waals surface area contributed by atoms with Gasteiger partial charge >= 0.3 is 5.97 Å². The number of carbonyl (C=O) groups excluding carboxylic acids is 1. The van der Waals surface area contributed by atoms with Gasteiger partial charge in [-0.2, -0.15) is 0 Å². The molecule has 1 aromatic carbocycles. The van der Waals surface area contributed by atoms with Crippen LogP contribution in [0.1, 0.15) is 29.8 Å². The summed E-state index contributed by atoms with van der Waals surface area (Å²) in [7, 11) is 1.60. The predicted octanol–water partition coefficient (Wildman–Crippen LogP) is 1.16. The molecule has 0 atom stereocenters. The summed E-state index contributed by atoms with van der Waals surface area (Å²) in [4.78, 5) is 24.6. The number of aliphatic hydroxyl groups excluding tert-OH is 1. The number of aliphatic hydroxyl groups is 1. The number of carboxylic acids is 1. The Bertz CT molecular complexity index is 482. The van der Waals surface area contributed by atoms with Crippen molar-refractivity contribution in [1.29, 1.82) is 0 Å². The summed E-state index contributed by atoms with van der Waals surface area (Å²) in [5.74, 6) is -1.28. The molecule has 0 fully saturated rings. The van der Waals surface area contributed by atoms with Crippen LogP contribution in [0.25, 0.3) is 0 Å². The highest BCUT2D eigenvalue weighted by molar-refractivity contribution is 5.91. The number of benzene rings is 1. The molecule has 0 heterocycles. The molecule has 1 aromatic rings. The Morgan fingerprint density at radius 3 is 2.37 bits per heavy atom. The van der Waals surface area contributed by atoms with Gasteiger partial charge in [0.2, 0.25) is 5.91 Å². The van der Waals surface area contributed by atoms with Gasteiger partial charge in [0.25, 0.3) is 0 Å². The first kappa shape index (κ1) is 15.2. The lowest BCUT2D eigenvalue weighted by Crippen LogP contribution is -2.48. The van der Waals surface area contributed by atoms with Crippen molar-refractivity contribution in [1.82, 2.24) is 4.90 Å². The molecule has 2 N–H and O–H groups in total. The van der Waals surface area contributed by atoms with E-state index in [1.165, 1.54) is 11.0 Å². The molecule has 19 heavy (non-hydrogen) atoms. The van der Waals surface area contributed by atoms with Crippen molar-refractivity contribution < 1.29 is 19.8 Å². The molecule has 5 heteroatoms. The summed E-state index contributed by atoms with van der Waals surface area (Å²) in [5, 5.41) is 18.3. The summed E-state index contributed by atoms with van der Waals surface area (Å²) in [6, 6.07) is 6.42. The van der Waals surface area contributed by atoms with E-state index in [-0.39, 0.29) is 24.5 Å². The number of hydrogen-bond acceptors (Lipinski definition) is 3. The predicted molar refractivity (Wildman–Crippen MR) is 71.0 cm³/mol. The normalized spacial score (nSPS) is 11.2. The van der Waals surface area contributed by atoms with Crippen LogP contribution in [0.2, 0.25) is 0 Å². The average Bonchev–Trinajstić information content (AvgIpc) is 2.38. The summed E-state index contributed by atoms with van der Waals surface area (Å²) in [6.45, 7) is 3.33. The Kier molecular flexibility index (Phi) is 4.67. The van der Waals surface area contributed by atoms with Crippen LogP contribution < -0.4 is 0 Å². The number of nitrogens with zero attached hydrogens (tertiary/aromatic N) is 1. The SMILES string of the molecule is CN(C(=O)Cc1ccccc1C(=O)O)C(C)(C)CO. The first-order valence-electron chi connectivity index (χ1n) is 5.98. The zero-order chi connectivity index (χ0) is 14.6. The molecule has 104 valence electrons. The van der Waals surface area contributed by atoms with E-state index < -0.39 is 11.5 Å². The third-order valence-corrected chi connectivity index (χ3v) is 3.26. The molecule has 0 aliphatic heterocycles. The highest BCUT2D eigenvalue weighted by atomic mass is 16.4. The minimum absolute atomic E-state index is 0.00238. The number of aromatic carboxylic acids is 1. The zero-order valence-electron chi connectivity index (χ0n) is 11.4. The van der Waals surface area contributed by atoms with Gasteiger partial charge in [0.1, 0.15) is 0 Å². The van der Waals surface area contributed by atoms with E-state index in [1.54, 1.807) is 39.1 Å². The largest absolute Gasteiger partial charge is 0.478 e. The smallest absolute Gasteiger partial charge is 0.335 e. The second-order valence-electron chi connectivity index (χ2n) is 5.06. The lowest BCUT2D eigenvalue weighted by molar-refractivity contribution is -0.135. The number of likely N-dealkylation sites (N-methyl/N-ethyl adjacent to an activating group) is 1. The zero-order valence-corrected chi connectivity index (χ0v) is 11.4. The fourth-order valence-electron chi connectivity index (χ4n) is 1.61. The molecule has 5 nitrogen and oxygen atoms in total. The number of rotatable bonds is 5. The molecule has 1 amide bonds.